The first kappa shape index (κ1) is 107. The summed E-state index contributed by atoms with van der Waals surface area (Å²) >= 11 is 0. The Kier molecular flexibility index (Phi) is 51.6. The van der Waals surface area contributed by atoms with Crippen LogP contribution >= 0.6 is 0 Å². The van der Waals surface area contributed by atoms with Crippen molar-refractivity contribution in [1.29, 1.82) is 0 Å². The maximum absolute atomic E-state index is 14.1. The Bertz CT molecular complexity index is 7540. The number of fused-ring (bicyclic) bond motifs is 2. The maximum atomic E-state index is 14.1. The van der Waals surface area contributed by atoms with Crippen LogP contribution in [0.3, 0.4) is 0 Å². The molecule has 0 atom stereocenters. The van der Waals surface area contributed by atoms with Crippen LogP contribution in [-0.2, 0) is 0 Å². The number of benzene rings is 7. The van der Waals surface area contributed by atoms with E-state index in [9.17, 15) is 55.7 Å². The van der Waals surface area contributed by atoms with Crippen molar-refractivity contribution in [2.45, 2.75) is 7.43 Å². The molecule has 2 aliphatic rings. The number of nitrogens with one attached hydrogen (secondary N) is 2. The second-order valence-electron chi connectivity index (χ2n) is 22.0. The molecule has 0 unspecified atom stereocenters. The van der Waals surface area contributed by atoms with Gasteiger partial charge in [-0.3, -0.25) is 23.2 Å². The summed E-state index contributed by atoms with van der Waals surface area (Å²) in [6.07, 6.45) is 0.277. The number of ether oxygens (including phenoxy) is 10. The molecule has 22 nitrogen and oxygen atoms in total. The van der Waals surface area contributed by atoms with E-state index in [1.54, 1.807) is 36.4 Å². The van der Waals surface area contributed by atoms with Crippen LogP contribution in [0.15, 0.2) is 103 Å². The summed E-state index contributed by atoms with van der Waals surface area (Å²) in [4.78, 5) is 45.0. The monoisotopic (exact) mass is 1800 g/mol. The third-order valence-corrected chi connectivity index (χ3v) is 13.7. The van der Waals surface area contributed by atoms with Gasteiger partial charge in [-0.15, -0.1) is 12.3 Å². The fourth-order valence-corrected chi connectivity index (χ4v) is 8.13. The minimum Gasteiger partial charge on any atom is -0.504 e. The molecular formula is C106H54BF6N3O19-. The summed E-state index contributed by atoms with van der Waals surface area (Å²) in [5.74, 6) is 114. The van der Waals surface area contributed by atoms with E-state index in [-0.39, 0.29) is 73.9 Å². The van der Waals surface area contributed by atoms with Crippen LogP contribution in [0.2, 0.25) is 0 Å². The fraction of sp³-hybridized carbons (Fsp3) is 0.0849. The zero-order chi connectivity index (χ0) is 97.7. The molecule has 0 saturated carbocycles. The van der Waals surface area contributed by atoms with Gasteiger partial charge in [0.1, 0.15) is 24.6 Å². The highest BCUT2D eigenvalue weighted by molar-refractivity contribution is 6.06. The van der Waals surface area contributed by atoms with Gasteiger partial charge in [0.05, 0.1) is 64.9 Å². The molecule has 29 heteroatoms. The van der Waals surface area contributed by atoms with Gasteiger partial charge in [0.2, 0.25) is 13.6 Å². The second-order valence-corrected chi connectivity index (χ2v) is 22.0. The Labute approximate surface area is 777 Å². The number of carboxylic acid groups (broad SMARTS) is 1. The molecule has 7 aromatic carbocycles. The van der Waals surface area contributed by atoms with E-state index in [1.807, 2.05) is 12.3 Å². The molecule has 0 fully saturated rings. The smallest absolute Gasteiger partial charge is 0.338 e. The second kappa shape index (κ2) is 64.9. The largest absolute Gasteiger partial charge is 0.504 e. The number of carbonyl (C=O) groups excluding carboxylic acids is 3. The molecule has 0 aromatic heterocycles. The summed E-state index contributed by atoms with van der Waals surface area (Å²) < 4.78 is 134. The molecule has 9 rings (SSSR count). The molecule has 135 heavy (non-hydrogen) atoms. The number of phenolic OH excluding ortho intramolecular Hbond substituents is 4. The molecule has 653 valence electrons. The first-order chi connectivity index (χ1) is 64.9. The topological polar surface area (TPSA) is 312 Å². The molecule has 0 aliphatic carbocycles. The van der Waals surface area contributed by atoms with E-state index < -0.39 is 75.9 Å². The van der Waals surface area contributed by atoms with Gasteiger partial charge in [-0.05, 0) is 149 Å². The fourth-order valence-electron chi connectivity index (χ4n) is 8.13. The number of carbonyl (C=O) groups is 4. The molecule has 0 bridgehead atoms. The number of methoxy groups -OCH3 is 6. The summed E-state index contributed by atoms with van der Waals surface area (Å²) in [7, 11) is 8.32. The number of amides is 2. The number of terminal acetylenes is 1. The first-order valence-electron chi connectivity index (χ1n) is 35.9. The van der Waals surface area contributed by atoms with E-state index in [0.717, 1.165) is 54.0 Å². The van der Waals surface area contributed by atoms with Gasteiger partial charge in [0.15, 0.2) is 93.2 Å². The number of nitrogens with two attached hydrogens (primary N) is 1. The Morgan fingerprint density at radius 1 is 0.370 bits per heavy atom. The van der Waals surface area contributed by atoms with Gasteiger partial charge in [-0.1, -0.05) is 7.43 Å². The van der Waals surface area contributed by atoms with Crippen molar-refractivity contribution < 1.29 is 120 Å². The average Bonchev–Trinajstić information content (AvgIpc) is 1.34. The van der Waals surface area contributed by atoms with Gasteiger partial charge in [0, 0.05) is 252 Å². The Balaban J connectivity index is 0.000000619. The van der Waals surface area contributed by atoms with E-state index in [0.29, 0.717) is 47.8 Å². The van der Waals surface area contributed by atoms with Crippen molar-refractivity contribution in [3.8, 4) is 377 Å². The van der Waals surface area contributed by atoms with Crippen LogP contribution in [-0.4, -0.2) is 114 Å². The van der Waals surface area contributed by atoms with Crippen LogP contribution in [0.25, 0.3) is 0 Å². The molecule has 0 saturated heterocycles. The molecule has 3 radical (unpaired) electrons. The number of aldehydes is 1. The zero-order valence-electron chi connectivity index (χ0n) is 70.7. The third kappa shape index (κ3) is 43.3. The molecular weight excluding hydrogens is 1740 g/mol. The molecule has 7 aromatic rings. The highest BCUT2D eigenvalue weighted by atomic mass is 19.3. The number of aromatic hydroxyl groups is 4. The Morgan fingerprint density at radius 3 is 1.01 bits per heavy atom. The SMILES string of the molecule is C.COc1cc(F)c(C(=O)Nc2ccc3c(c2)OCO3)cc1OC.COc1cc(F)c(C(=O)O)cc1OC.COc1cc(F)c(C=O)cc1OC.Nc1ccc2c(c1)OCO2.O=C(Nc1ccc(O)c(O)c1)c1cc(O)c(O)cc1F.[2H]C#CC#CC#CC#CC#CC#CC#CC#CC#CC#CC#CC#CC#CC#CC#CC#CC#CC#CC#CC#CC#CC#CC#CC#CC#C[C-](F)F.[B]. The quantitative estimate of drug-likeness (QED) is 0.00824. The number of phenols is 4. The highest BCUT2D eigenvalue weighted by Gasteiger charge is 2.22. The van der Waals surface area contributed by atoms with Gasteiger partial charge >= 0.3 is 5.97 Å². The normalized spacial score (nSPS) is 8.16. The Hall–Kier alpha value is -21.9. The van der Waals surface area contributed by atoms with Crippen molar-refractivity contribution in [1.82, 2.24) is 0 Å². The predicted molar refractivity (Wildman–Crippen MR) is 489 cm³/mol. The van der Waals surface area contributed by atoms with Gasteiger partial charge < -0.3 is 89.3 Å². The summed E-state index contributed by atoms with van der Waals surface area (Å²) in [6.45, 7) is 0.440. The third-order valence-electron chi connectivity index (χ3n) is 13.7. The van der Waals surface area contributed by atoms with Crippen molar-refractivity contribution in [2.24, 2.45) is 0 Å². The van der Waals surface area contributed by atoms with Crippen molar-refractivity contribution in [3.63, 3.8) is 0 Å². The van der Waals surface area contributed by atoms with Crippen LogP contribution in [0.4, 0.5) is 43.4 Å². The molecule has 2 aliphatic heterocycles. The number of rotatable bonds is 12. The van der Waals surface area contributed by atoms with Crippen LogP contribution in [0, 0.1) is 326 Å². The number of aromatic carboxylic acids is 1. The van der Waals surface area contributed by atoms with E-state index >= 15 is 0 Å². The lowest BCUT2D eigenvalue weighted by atomic mass is 10.1. The first-order valence-corrected chi connectivity index (χ1v) is 35.4. The van der Waals surface area contributed by atoms with E-state index in [4.69, 9.17) is 69.8 Å². The minimum absolute atomic E-state index is 0. The van der Waals surface area contributed by atoms with E-state index in [1.165, 1.54) is 66.8 Å². The zero-order valence-corrected chi connectivity index (χ0v) is 69.7. The minimum atomic E-state index is -2.02. The number of carboxylic acids is 1. The summed E-state index contributed by atoms with van der Waals surface area (Å²) in [5.41, 5.74) is 5.67. The molecule has 2 heterocycles. The lowest BCUT2D eigenvalue weighted by molar-refractivity contribution is 0.0690. The van der Waals surface area contributed by atoms with Crippen LogP contribution in [0.1, 0.15) is 50.2 Å². The molecule has 0 spiro atoms. The van der Waals surface area contributed by atoms with Crippen LogP contribution in [0.5, 0.6) is 80.5 Å². The standard InChI is InChI=1S/C51HF2.C16H14FNO5.C13H10FNO5.C9H9FO4.C9H9FO3.C7H7NO2.CH4.B/c1-2-3-4-5-6-7-8-9-10-11-12-13-14-15-16-17-18-19-20-21-22-23-24-25-26-27-28-29-30-31-32-33-34-35-36-37-38-39-40-41-42-43-44-45-46-47-48-49-50-51(52)53;1-20-13-6-10(11(17)7-14(13)21-2)16(19)18-9-3-4-12-15(5-9)23-8-22-12;14-8-5-12(19)11(18)4-7(8)13(20)15-6-1-2-9(16)10(17)3-6;1-13-7-3-5(9(11)12)6(10)4-8(7)14-2;1-12-8-3-6(5-11)7(10)4-9(8)13-2;8-5-1-2-6-7(3-5)10-4-9-6;;/h1H;3-7H,8H2,1-2H3,(H,18,19);1-5,16-19H,(H,15,20);3-4H,1-2H3,(H,11,12);3-5H,1-2H3;1-3H,4,8H2;1H4;/q-1;;;;;;;/i1D;;;;;;;. The average molecular weight is 1800 g/mol. The number of hydrogen-bond donors (Lipinski definition) is 8. The van der Waals surface area contributed by atoms with Gasteiger partial charge in [-0.2, -0.15) is 0 Å². The van der Waals surface area contributed by atoms with Gasteiger partial charge in [-0.25, -0.2) is 34.2 Å². The highest BCUT2D eigenvalue weighted by Crippen LogP contribution is 2.37. The molecule has 2 amide bonds. The summed E-state index contributed by atoms with van der Waals surface area (Å²) in [5, 5.41) is 50.2. The molecule has 9 N–H and O–H groups in total. The van der Waals surface area contributed by atoms with Crippen molar-refractivity contribution in [3.05, 3.63) is 155 Å². The number of anilines is 3. The lowest BCUT2D eigenvalue weighted by Gasteiger charge is -2.11. The predicted octanol–water partition coefficient (Wildman–Crippen LogP) is 10.3. The van der Waals surface area contributed by atoms with Crippen LogP contribution < -0.4 is 63.7 Å². The number of hydrogen-bond acceptors (Lipinski definition) is 19. The maximum Gasteiger partial charge on any atom is 0.338 e. The van der Waals surface area contributed by atoms with Gasteiger partial charge in [0.25, 0.3) is 11.8 Å². The Morgan fingerprint density at radius 2 is 0.652 bits per heavy atom. The summed E-state index contributed by atoms with van der Waals surface area (Å²) in [6, 6.07) is 22.0. The lowest BCUT2D eigenvalue weighted by Crippen LogP contribution is -2.14. The van der Waals surface area contributed by atoms with Crippen molar-refractivity contribution >= 4 is 49.5 Å². The number of halogens is 6. The van der Waals surface area contributed by atoms with E-state index in [2.05, 4.69) is 289 Å². The number of nitrogen functional groups attached to an aromatic ring is 1. The van der Waals surface area contributed by atoms with Crippen molar-refractivity contribution in [2.75, 3.05) is 72.6 Å².